The Morgan fingerprint density at radius 3 is 1.82 bits per heavy atom. The third-order valence-electron chi connectivity index (χ3n) is 8.76. The molecule has 0 aliphatic heterocycles. The second-order valence-electron chi connectivity index (χ2n) is 10.5. The molecule has 6 aromatic carbocycles. The molecule has 2 aliphatic rings. The minimum Gasteiger partial charge on any atom is -0.135 e. The van der Waals surface area contributed by atoms with Gasteiger partial charge in [0.2, 0.25) is 0 Å². The monoisotopic (exact) mass is 576 g/mol. The SMILES string of the molecule is Brc1ccc2c(c1)-c1ccccc1-c1ccccc1C21c2ccccc2-c2ccc3sc4ccccc4c3c21. The highest BCUT2D eigenvalue weighted by Crippen LogP contribution is 2.63. The first-order valence-electron chi connectivity index (χ1n) is 13.3. The molecule has 1 heterocycles. The van der Waals surface area contributed by atoms with Crippen LogP contribution in [-0.2, 0) is 5.41 Å². The lowest BCUT2D eigenvalue weighted by Gasteiger charge is -2.36. The van der Waals surface area contributed by atoms with Crippen LogP contribution < -0.4 is 0 Å². The van der Waals surface area contributed by atoms with Crippen molar-refractivity contribution in [3.63, 3.8) is 0 Å². The van der Waals surface area contributed by atoms with Crippen molar-refractivity contribution < 1.29 is 0 Å². The molecule has 1 atom stereocenters. The van der Waals surface area contributed by atoms with Gasteiger partial charge in [-0.2, -0.15) is 0 Å². The Morgan fingerprint density at radius 1 is 0.462 bits per heavy atom. The van der Waals surface area contributed by atoms with Crippen LogP contribution in [-0.4, -0.2) is 0 Å². The standard InChI is InChI=1S/C37H21BrS/c38-22-17-19-32-29(21-22)24-10-2-1-9-23(24)25-11-3-6-14-30(25)37(32)31-15-7-4-12-26(31)27-18-20-34-35(36(27)37)28-13-5-8-16-33(28)39-34/h1-21H. The molecular weight excluding hydrogens is 556 g/mol. The molecule has 0 saturated carbocycles. The van der Waals surface area contributed by atoms with Gasteiger partial charge in [0, 0.05) is 24.6 Å². The second-order valence-corrected chi connectivity index (χ2v) is 12.5. The average Bonchev–Trinajstić information content (AvgIpc) is 3.48. The van der Waals surface area contributed by atoms with E-state index >= 15 is 0 Å². The molecule has 7 aromatic rings. The highest BCUT2D eigenvalue weighted by Gasteiger charge is 2.50. The number of hydrogen-bond donors (Lipinski definition) is 0. The van der Waals surface area contributed by atoms with Gasteiger partial charge in [-0.1, -0.05) is 119 Å². The van der Waals surface area contributed by atoms with Gasteiger partial charge in [-0.15, -0.1) is 11.3 Å². The van der Waals surface area contributed by atoms with Gasteiger partial charge in [0.1, 0.15) is 0 Å². The van der Waals surface area contributed by atoms with E-state index in [1.54, 1.807) is 0 Å². The Kier molecular flexibility index (Phi) is 4.37. The lowest BCUT2D eigenvalue weighted by molar-refractivity contribution is 0.783. The van der Waals surface area contributed by atoms with Crippen molar-refractivity contribution in [2.24, 2.45) is 0 Å². The van der Waals surface area contributed by atoms with E-state index in [0.29, 0.717) is 0 Å². The van der Waals surface area contributed by atoms with Crippen LogP contribution in [0.25, 0.3) is 53.6 Å². The smallest absolute Gasteiger partial charge is 0.0732 e. The quantitative estimate of drug-likeness (QED) is 0.168. The van der Waals surface area contributed by atoms with Crippen molar-refractivity contribution in [1.82, 2.24) is 0 Å². The highest BCUT2D eigenvalue weighted by molar-refractivity contribution is 9.10. The molecule has 2 aliphatic carbocycles. The highest BCUT2D eigenvalue weighted by atomic mass is 79.9. The molecule has 1 spiro atoms. The maximum absolute atomic E-state index is 3.83. The van der Waals surface area contributed by atoms with Crippen LogP contribution in [0.5, 0.6) is 0 Å². The van der Waals surface area contributed by atoms with E-state index in [2.05, 4.69) is 143 Å². The largest absolute Gasteiger partial charge is 0.135 e. The van der Waals surface area contributed by atoms with E-state index < -0.39 is 5.41 Å². The summed E-state index contributed by atoms with van der Waals surface area (Å²) in [4.78, 5) is 0. The maximum Gasteiger partial charge on any atom is 0.0732 e. The maximum atomic E-state index is 3.83. The predicted molar refractivity (Wildman–Crippen MR) is 169 cm³/mol. The molecular formula is C37H21BrS. The summed E-state index contributed by atoms with van der Waals surface area (Å²) in [5, 5.41) is 2.73. The molecule has 0 bridgehead atoms. The van der Waals surface area contributed by atoms with Crippen LogP contribution in [0.4, 0.5) is 0 Å². The first-order chi connectivity index (χ1) is 19.3. The van der Waals surface area contributed by atoms with E-state index in [4.69, 9.17) is 0 Å². The summed E-state index contributed by atoms with van der Waals surface area (Å²) in [5.41, 5.74) is 12.9. The Balaban J connectivity index is 1.61. The Morgan fingerprint density at radius 2 is 1.05 bits per heavy atom. The number of halogens is 1. The minimum absolute atomic E-state index is 0.457. The first kappa shape index (κ1) is 21.9. The van der Waals surface area contributed by atoms with Gasteiger partial charge < -0.3 is 0 Å². The molecule has 9 rings (SSSR count). The van der Waals surface area contributed by atoms with E-state index in [0.717, 1.165) is 4.47 Å². The topological polar surface area (TPSA) is 0 Å². The summed E-state index contributed by atoms with van der Waals surface area (Å²) in [7, 11) is 0. The fourth-order valence-corrected chi connectivity index (χ4v) is 8.85. The molecule has 182 valence electrons. The van der Waals surface area contributed by atoms with Crippen LogP contribution in [0.2, 0.25) is 0 Å². The predicted octanol–water partition coefficient (Wildman–Crippen LogP) is 10.8. The van der Waals surface area contributed by atoms with Crippen molar-refractivity contribution >= 4 is 47.4 Å². The summed E-state index contributed by atoms with van der Waals surface area (Å²) in [6, 6.07) is 47.7. The molecule has 0 nitrogen and oxygen atoms in total. The minimum atomic E-state index is -0.457. The van der Waals surface area contributed by atoms with Crippen LogP contribution in [0, 0.1) is 0 Å². The van der Waals surface area contributed by atoms with Crippen molar-refractivity contribution in [2.45, 2.75) is 5.41 Å². The molecule has 0 saturated heterocycles. The molecule has 0 N–H and O–H groups in total. The summed E-state index contributed by atoms with van der Waals surface area (Å²) in [6.45, 7) is 0. The van der Waals surface area contributed by atoms with Crippen LogP contribution in [0.15, 0.2) is 132 Å². The van der Waals surface area contributed by atoms with Crippen molar-refractivity contribution in [2.75, 3.05) is 0 Å². The summed E-state index contributed by atoms with van der Waals surface area (Å²) >= 11 is 5.74. The van der Waals surface area contributed by atoms with Crippen LogP contribution in [0.3, 0.4) is 0 Å². The molecule has 0 radical (unpaired) electrons. The van der Waals surface area contributed by atoms with E-state index in [-0.39, 0.29) is 0 Å². The van der Waals surface area contributed by atoms with E-state index in [9.17, 15) is 0 Å². The molecule has 0 fully saturated rings. The summed E-state index contributed by atoms with van der Waals surface area (Å²) in [5.74, 6) is 0. The van der Waals surface area contributed by atoms with Gasteiger partial charge in [-0.3, -0.25) is 0 Å². The van der Waals surface area contributed by atoms with Gasteiger partial charge in [-0.05, 0) is 79.9 Å². The second kappa shape index (κ2) is 7.79. The zero-order valence-electron chi connectivity index (χ0n) is 20.9. The van der Waals surface area contributed by atoms with Crippen molar-refractivity contribution in [3.05, 3.63) is 154 Å². The Labute approximate surface area is 239 Å². The molecule has 1 unspecified atom stereocenters. The van der Waals surface area contributed by atoms with Crippen LogP contribution in [0.1, 0.15) is 22.3 Å². The lowest BCUT2D eigenvalue weighted by Crippen LogP contribution is -2.29. The molecule has 2 heteroatoms. The number of thiophene rings is 1. The van der Waals surface area contributed by atoms with E-state index in [1.807, 2.05) is 11.3 Å². The lowest BCUT2D eigenvalue weighted by atomic mass is 9.65. The van der Waals surface area contributed by atoms with Gasteiger partial charge in [0.15, 0.2) is 0 Å². The number of benzene rings is 6. The summed E-state index contributed by atoms with van der Waals surface area (Å²) in [6.07, 6.45) is 0. The number of hydrogen-bond acceptors (Lipinski definition) is 1. The third-order valence-corrected chi connectivity index (χ3v) is 10.4. The molecule has 0 amide bonds. The fourth-order valence-electron chi connectivity index (χ4n) is 7.38. The Hall–Kier alpha value is -3.98. The summed E-state index contributed by atoms with van der Waals surface area (Å²) < 4.78 is 3.79. The Bertz CT molecular complexity index is 2150. The van der Waals surface area contributed by atoms with Gasteiger partial charge in [-0.25, -0.2) is 0 Å². The van der Waals surface area contributed by atoms with E-state index in [1.165, 1.54) is 75.8 Å². The zero-order valence-corrected chi connectivity index (χ0v) is 23.3. The number of fused-ring (bicyclic) bond motifs is 16. The van der Waals surface area contributed by atoms with Crippen molar-refractivity contribution in [3.8, 4) is 33.4 Å². The first-order valence-corrected chi connectivity index (χ1v) is 14.9. The third kappa shape index (κ3) is 2.68. The average molecular weight is 578 g/mol. The molecule has 1 aromatic heterocycles. The fraction of sp³-hybridized carbons (Fsp3) is 0.0270. The van der Waals surface area contributed by atoms with Crippen molar-refractivity contribution in [1.29, 1.82) is 0 Å². The normalized spacial score (nSPS) is 16.4. The zero-order chi connectivity index (χ0) is 25.7. The van der Waals surface area contributed by atoms with Gasteiger partial charge in [0.05, 0.1) is 5.41 Å². The molecule has 39 heavy (non-hydrogen) atoms. The van der Waals surface area contributed by atoms with Gasteiger partial charge >= 0.3 is 0 Å². The van der Waals surface area contributed by atoms with Crippen LogP contribution >= 0.6 is 27.3 Å². The number of rotatable bonds is 0. The van der Waals surface area contributed by atoms with Gasteiger partial charge in [0.25, 0.3) is 0 Å².